The third-order valence-corrected chi connectivity index (χ3v) is 10.0. The predicted octanol–water partition coefficient (Wildman–Crippen LogP) is 1.24. The predicted molar refractivity (Wildman–Crippen MR) is 131 cm³/mol. The van der Waals surface area contributed by atoms with Crippen LogP contribution in [0, 0.1) is 23.7 Å². The van der Waals surface area contributed by atoms with Crippen molar-refractivity contribution in [2.45, 2.75) is 81.4 Å². The Bertz CT molecular complexity index is 868. The van der Waals surface area contributed by atoms with Crippen LogP contribution in [-0.2, 0) is 19.6 Å². The molecule has 0 aromatic rings. The standard InChI is InChI=1S/C23H39ClFN5O4S/c1-30-11-20(26-13-30)16-9-18(21(25)19(24)10-16)23(32)28-29-35(33,34)12-14-5-7-17(8-6-14)27-22(31)15-3-2-4-15/h14-21,26,29H,2-13H2,1H3,(H,27,31)(H,28,32). The van der Waals surface area contributed by atoms with Crippen molar-refractivity contribution in [1.29, 1.82) is 0 Å². The molecule has 5 atom stereocenters. The van der Waals surface area contributed by atoms with E-state index in [0.717, 1.165) is 45.3 Å². The molecule has 35 heavy (non-hydrogen) atoms. The summed E-state index contributed by atoms with van der Waals surface area (Å²) in [7, 11) is -1.79. The molecule has 4 rings (SSSR count). The van der Waals surface area contributed by atoms with Crippen molar-refractivity contribution in [3.63, 3.8) is 0 Å². The molecule has 0 aromatic carbocycles. The Morgan fingerprint density at radius 2 is 1.80 bits per heavy atom. The van der Waals surface area contributed by atoms with Crippen LogP contribution in [0.2, 0.25) is 0 Å². The van der Waals surface area contributed by atoms with Gasteiger partial charge >= 0.3 is 0 Å². The largest absolute Gasteiger partial charge is 0.353 e. The van der Waals surface area contributed by atoms with Crippen molar-refractivity contribution in [3.8, 4) is 0 Å². The molecule has 0 bridgehead atoms. The zero-order valence-electron chi connectivity index (χ0n) is 20.3. The van der Waals surface area contributed by atoms with Crippen molar-refractivity contribution in [3.05, 3.63) is 0 Å². The van der Waals surface area contributed by atoms with Gasteiger partial charge in [0, 0.05) is 31.2 Å². The lowest BCUT2D eigenvalue weighted by atomic mass is 9.76. The number of halogens is 2. The molecule has 4 fully saturated rings. The molecule has 5 unspecified atom stereocenters. The van der Waals surface area contributed by atoms with Crippen LogP contribution in [0.15, 0.2) is 0 Å². The van der Waals surface area contributed by atoms with Crippen LogP contribution in [0.4, 0.5) is 4.39 Å². The highest BCUT2D eigenvalue weighted by atomic mass is 35.5. The monoisotopic (exact) mass is 535 g/mol. The first kappa shape index (κ1) is 27.0. The third-order valence-electron chi connectivity index (χ3n) is 8.31. The number of carbonyl (C=O) groups is 2. The van der Waals surface area contributed by atoms with Crippen molar-refractivity contribution >= 4 is 33.4 Å². The van der Waals surface area contributed by atoms with Gasteiger partial charge in [-0.3, -0.25) is 25.2 Å². The lowest BCUT2D eigenvalue weighted by Crippen LogP contribution is -2.52. The Hall–Kier alpha value is -1.01. The molecule has 0 radical (unpaired) electrons. The number of sulfonamides is 1. The minimum atomic E-state index is -3.77. The van der Waals surface area contributed by atoms with Gasteiger partial charge in [0.2, 0.25) is 21.8 Å². The number of rotatable bonds is 8. The summed E-state index contributed by atoms with van der Waals surface area (Å²) >= 11 is 6.25. The fourth-order valence-electron chi connectivity index (χ4n) is 5.89. The Morgan fingerprint density at radius 3 is 2.40 bits per heavy atom. The van der Waals surface area contributed by atoms with Crippen molar-refractivity contribution in [2.24, 2.45) is 23.7 Å². The second-order valence-corrected chi connectivity index (χ2v) is 13.4. The first-order valence-corrected chi connectivity index (χ1v) is 15.0. The third kappa shape index (κ3) is 7.06. The minimum absolute atomic E-state index is 0.0433. The van der Waals surface area contributed by atoms with Crippen LogP contribution in [0.5, 0.6) is 0 Å². The van der Waals surface area contributed by atoms with Crippen LogP contribution in [0.25, 0.3) is 0 Å². The maximum absolute atomic E-state index is 14.8. The summed E-state index contributed by atoms with van der Waals surface area (Å²) in [6.45, 7) is 1.54. The Morgan fingerprint density at radius 1 is 1.09 bits per heavy atom. The van der Waals surface area contributed by atoms with Crippen LogP contribution >= 0.6 is 11.6 Å². The number of nitrogens with zero attached hydrogens (tertiary/aromatic N) is 1. The molecule has 0 aromatic heterocycles. The molecule has 3 aliphatic carbocycles. The average Bonchev–Trinajstić information content (AvgIpc) is 3.20. The normalized spacial score (nSPS) is 36.9. The lowest BCUT2D eigenvalue weighted by Gasteiger charge is -2.37. The molecule has 3 saturated carbocycles. The second-order valence-electron chi connectivity index (χ2n) is 11.0. The molecule has 2 amide bonds. The van der Waals surface area contributed by atoms with E-state index in [-0.39, 0.29) is 41.5 Å². The number of hydrogen-bond acceptors (Lipinski definition) is 6. The smallest absolute Gasteiger partial charge is 0.241 e. The number of carbonyl (C=O) groups excluding carboxylic acids is 2. The zero-order valence-corrected chi connectivity index (χ0v) is 21.9. The summed E-state index contributed by atoms with van der Waals surface area (Å²) in [6.07, 6.45) is 5.19. The van der Waals surface area contributed by atoms with Gasteiger partial charge in [-0.15, -0.1) is 16.4 Å². The Balaban J connectivity index is 1.21. The van der Waals surface area contributed by atoms with E-state index < -0.39 is 33.4 Å². The summed E-state index contributed by atoms with van der Waals surface area (Å²) in [5, 5.41) is 5.69. The van der Waals surface area contributed by atoms with E-state index in [1.165, 1.54) is 0 Å². The van der Waals surface area contributed by atoms with Gasteiger partial charge < -0.3 is 5.32 Å². The van der Waals surface area contributed by atoms with E-state index in [9.17, 15) is 22.4 Å². The van der Waals surface area contributed by atoms with E-state index in [0.29, 0.717) is 25.7 Å². The van der Waals surface area contributed by atoms with Crippen LogP contribution in [0.3, 0.4) is 0 Å². The first-order valence-electron chi connectivity index (χ1n) is 12.9. The van der Waals surface area contributed by atoms with Gasteiger partial charge in [-0.05, 0) is 70.3 Å². The zero-order chi connectivity index (χ0) is 25.2. The molecule has 12 heteroatoms. The van der Waals surface area contributed by atoms with E-state index in [1.54, 1.807) is 0 Å². The first-order chi connectivity index (χ1) is 16.6. The van der Waals surface area contributed by atoms with E-state index in [2.05, 4.69) is 25.8 Å². The SMILES string of the molecule is CN1CNC(C2CC(Cl)C(F)C(C(=O)NNS(=O)(=O)CC3CCC(NC(=O)C4CCC4)CC3)C2)C1. The molecule has 4 N–H and O–H groups in total. The molecule has 4 aliphatic rings. The number of amides is 2. The Kier molecular flexibility index (Phi) is 8.95. The maximum atomic E-state index is 14.8. The van der Waals surface area contributed by atoms with Gasteiger partial charge in [0.1, 0.15) is 6.17 Å². The van der Waals surface area contributed by atoms with Crippen LogP contribution in [0.1, 0.15) is 57.8 Å². The van der Waals surface area contributed by atoms with Crippen LogP contribution in [-0.4, -0.2) is 74.8 Å². The quantitative estimate of drug-likeness (QED) is 0.274. The number of likely N-dealkylation sites (N-methyl/N-ethyl adjacent to an activating group) is 1. The van der Waals surface area contributed by atoms with Gasteiger partial charge in [-0.1, -0.05) is 6.42 Å². The second kappa shape index (κ2) is 11.6. The van der Waals surface area contributed by atoms with E-state index in [4.69, 9.17) is 11.6 Å². The highest BCUT2D eigenvalue weighted by molar-refractivity contribution is 7.89. The van der Waals surface area contributed by atoms with Crippen molar-refractivity contribution in [2.75, 3.05) is 26.0 Å². The minimum Gasteiger partial charge on any atom is -0.353 e. The lowest BCUT2D eigenvalue weighted by molar-refractivity contribution is -0.129. The van der Waals surface area contributed by atoms with Gasteiger partial charge in [0.05, 0.1) is 17.0 Å². The molecule has 200 valence electrons. The summed E-state index contributed by atoms with van der Waals surface area (Å²) in [5.74, 6) is -1.52. The molecule has 1 heterocycles. The number of alkyl halides is 2. The Labute approximate surface area is 212 Å². The summed E-state index contributed by atoms with van der Waals surface area (Å²) in [5.41, 5.74) is 2.25. The van der Waals surface area contributed by atoms with Crippen molar-refractivity contribution in [1.82, 2.24) is 25.8 Å². The maximum Gasteiger partial charge on any atom is 0.241 e. The van der Waals surface area contributed by atoms with Gasteiger partial charge in [0.25, 0.3) is 0 Å². The molecular weight excluding hydrogens is 497 g/mol. The highest BCUT2D eigenvalue weighted by Crippen LogP contribution is 2.37. The van der Waals surface area contributed by atoms with Crippen LogP contribution < -0.4 is 20.9 Å². The van der Waals surface area contributed by atoms with Gasteiger partial charge in [-0.25, -0.2) is 12.8 Å². The van der Waals surface area contributed by atoms with Crippen molar-refractivity contribution < 1.29 is 22.4 Å². The molecule has 0 spiro atoms. The van der Waals surface area contributed by atoms with E-state index in [1.807, 2.05) is 7.05 Å². The highest BCUT2D eigenvalue weighted by Gasteiger charge is 2.44. The number of nitrogens with one attached hydrogen (secondary N) is 4. The number of hydrazine groups is 1. The van der Waals surface area contributed by atoms with E-state index >= 15 is 0 Å². The summed E-state index contributed by atoms with van der Waals surface area (Å²) < 4.78 is 40.0. The number of hydrogen-bond donors (Lipinski definition) is 4. The molecule has 1 aliphatic heterocycles. The summed E-state index contributed by atoms with van der Waals surface area (Å²) in [6, 6.07) is 0.238. The fraction of sp³-hybridized carbons (Fsp3) is 0.913. The average molecular weight is 536 g/mol. The molecule has 1 saturated heterocycles. The summed E-state index contributed by atoms with van der Waals surface area (Å²) in [4.78, 5) is 29.2. The van der Waals surface area contributed by atoms with Gasteiger partial charge in [-0.2, -0.15) is 0 Å². The topological polar surface area (TPSA) is 120 Å². The van der Waals surface area contributed by atoms with Gasteiger partial charge in [0.15, 0.2) is 0 Å². The fourth-order valence-corrected chi connectivity index (χ4v) is 7.59. The molecule has 9 nitrogen and oxygen atoms in total. The molecular formula is C23H39ClFN5O4S.